The molecule has 6 nitrogen and oxygen atoms in total. The van der Waals surface area contributed by atoms with E-state index in [-0.39, 0.29) is 5.91 Å². The summed E-state index contributed by atoms with van der Waals surface area (Å²) in [6.07, 6.45) is 0. The Morgan fingerprint density at radius 1 is 0.862 bits per heavy atom. The molecule has 1 fully saturated rings. The van der Waals surface area contributed by atoms with E-state index in [0.29, 0.717) is 5.69 Å². The van der Waals surface area contributed by atoms with Crippen molar-refractivity contribution in [1.29, 1.82) is 0 Å². The van der Waals surface area contributed by atoms with Gasteiger partial charge in [-0.1, -0.05) is 30.3 Å². The molecule has 1 N–H and O–H groups in total. The van der Waals surface area contributed by atoms with Gasteiger partial charge in [0.05, 0.1) is 0 Å². The number of hydrogen-bond donors (Lipinski definition) is 1. The molecule has 0 spiro atoms. The van der Waals surface area contributed by atoms with Crippen LogP contribution in [0.25, 0.3) is 0 Å². The minimum Gasteiger partial charge on any atom is -0.368 e. The van der Waals surface area contributed by atoms with E-state index in [4.69, 9.17) is 0 Å². The topological polar surface area (TPSA) is 61.4 Å². The van der Waals surface area contributed by atoms with Gasteiger partial charge in [0.1, 0.15) is 0 Å². The van der Waals surface area contributed by atoms with Crippen LogP contribution in [0.3, 0.4) is 0 Å². The average molecular weight is 387 g/mol. The van der Waals surface area contributed by atoms with Crippen LogP contribution in [-0.2, 0) is 0 Å². The van der Waals surface area contributed by atoms with Gasteiger partial charge < -0.3 is 15.1 Å². The van der Waals surface area contributed by atoms with Crippen molar-refractivity contribution in [2.75, 3.05) is 41.3 Å². The summed E-state index contributed by atoms with van der Waals surface area (Å²) in [5, 5.41) is 11.3. The number of anilines is 3. The van der Waals surface area contributed by atoms with Crippen LogP contribution < -0.4 is 15.1 Å². The highest BCUT2D eigenvalue weighted by atomic mass is 16.1. The van der Waals surface area contributed by atoms with Crippen molar-refractivity contribution in [3.8, 4) is 0 Å². The van der Waals surface area contributed by atoms with Crippen LogP contribution in [0.1, 0.15) is 21.6 Å². The minimum absolute atomic E-state index is 0.248. The Hall–Kier alpha value is -3.41. The third-order valence-electron chi connectivity index (χ3n) is 5.25. The SMILES string of the molecule is Cc1cccc(N2CCN(c3ccc(C(=O)Nc4ccccc4C)nn3)CC2)c1. The molecule has 2 heterocycles. The fourth-order valence-electron chi connectivity index (χ4n) is 3.53. The van der Waals surface area contributed by atoms with E-state index in [0.717, 1.165) is 43.2 Å². The number of amides is 1. The number of nitrogens with zero attached hydrogens (tertiary/aromatic N) is 4. The Balaban J connectivity index is 1.37. The number of para-hydroxylation sites is 1. The standard InChI is InChI=1S/C23H25N5O/c1-17-6-5-8-19(16-17)27-12-14-28(15-13-27)22-11-10-21(25-26-22)23(29)24-20-9-4-3-7-18(20)2/h3-11,16H,12-15H2,1-2H3,(H,24,29). The highest BCUT2D eigenvalue weighted by molar-refractivity contribution is 6.03. The molecule has 4 rings (SSSR count). The number of piperazine rings is 1. The van der Waals surface area contributed by atoms with Crippen molar-refractivity contribution < 1.29 is 4.79 Å². The van der Waals surface area contributed by atoms with Gasteiger partial charge in [-0.25, -0.2) is 0 Å². The molecule has 2 aromatic carbocycles. The molecule has 0 radical (unpaired) electrons. The van der Waals surface area contributed by atoms with Gasteiger partial charge in [0, 0.05) is 37.6 Å². The summed E-state index contributed by atoms with van der Waals surface area (Å²) in [6.45, 7) is 7.68. The molecule has 0 aliphatic carbocycles. The molecule has 1 aliphatic heterocycles. The lowest BCUT2D eigenvalue weighted by Gasteiger charge is -2.36. The Morgan fingerprint density at radius 3 is 2.31 bits per heavy atom. The van der Waals surface area contributed by atoms with Gasteiger partial charge in [0.2, 0.25) is 0 Å². The number of hydrogen-bond acceptors (Lipinski definition) is 5. The van der Waals surface area contributed by atoms with E-state index < -0.39 is 0 Å². The minimum atomic E-state index is -0.248. The molecule has 3 aromatic rings. The number of rotatable bonds is 4. The van der Waals surface area contributed by atoms with Crippen molar-refractivity contribution in [1.82, 2.24) is 10.2 Å². The van der Waals surface area contributed by atoms with Crippen molar-refractivity contribution in [3.05, 3.63) is 77.5 Å². The Labute approximate surface area is 171 Å². The van der Waals surface area contributed by atoms with Crippen LogP contribution in [0.4, 0.5) is 17.2 Å². The van der Waals surface area contributed by atoms with Gasteiger partial charge in [-0.2, -0.15) is 0 Å². The normalized spacial score (nSPS) is 14.0. The molecule has 1 aliphatic rings. The van der Waals surface area contributed by atoms with Crippen LogP contribution in [0.5, 0.6) is 0 Å². The van der Waals surface area contributed by atoms with Crippen LogP contribution >= 0.6 is 0 Å². The molecular weight excluding hydrogens is 362 g/mol. The molecule has 6 heteroatoms. The molecule has 1 saturated heterocycles. The fourth-order valence-corrected chi connectivity index (χ4v) is 3.53. The monoisotopic (exact) mass is 387 g/mol. The maximum absolute atomic E-state index is 12.4. The molecule has 0 saturated carbocycles. The van der Waals surface area contributed by atoms with Gasteiger partial charge in [0.15, 0.2) is 11.5 Å². The summed E-state index contributed by atoms with van der Waals surface area (Å²) in [6, 6.07) is 19.9. The first-order valence-corrected chi connectivity index (χ1v) is 9.87. The van der Waals surface area contributed by atoms with Gasteiger partial charge in [-0.3, -0.25) is 4.79 Å². The second-order valence-electron chi connectivity index (χ2n) is 7.36. The molecule has 0 atom stereocenters. The van der Waals surface area contributed by atoms with Crippen LogP contribution in [0.15, 0.2) is 60.7 Å². The molecule has 0 bridgehead atoms. The number of benzene rings is 2. The lowest BCUT2D eigenvalue weighted by molar-refractivity contribution is 0.102. The van der Waals surface area contributed by atoms with E-state index in [9.17, 15) is 4.79 Å². The van der Waals surface area contributed by atoms with Gasteiger partial charge in [-0.15, -0.1) is 10.2 Å². The molecule has 1 amide bonds. The molecule has 29 heavy (non-hydrogen) atoms. The second-order valence-corrected chi connectivity index (χ2v) is 7.36. The van der Waals surface area contributed by atoms with Gasteiger partial charge in [-0.05, 0) is 55.3 Å². The third kappa shape index (κ3) is 4.37. The maximum Gasteiger partial charge on any atom is 0.276 e. The quantitative estimate of drug-likeness (QED) is 0.740. The number of nitrogens with one attached hydrogen (secondary N) is 1. The second kappa shape index (κ2) is 8.31. The molecule has 1 aromatic heterocycles. The maximum atomic E-state index is 12.4. The van der Waals surface area contributed by atoms with Crippen molar-refractivity contribution in [3.63, 3.8) is 0 Å². The van der Waals surface area contributed by atoms with E-state index in [1.54, 1.807) is 6.07 Å². The first kappa shape index (κ1) is 18.9. The van der Waals surface area contributed by atoms with E-state index in [1.807, 2.05) is 37.3 Å². The highest BCUT2D eigenvalue weighted by Gasteiger charge is 2.19. The number of carbonyl (C=O) groups is 1. The van der Waals surface area contributed by atoms with Crippen molar-refractivity contribution in [2.24, 2.45) is 0 Å². The summed E-state index contributed by atoms with van der Waals surface area (Å²) in [4.78, 5) is 17.0. The largest absolute Gasteiger partial charge is 0.368 e. The van der Waals surface area contributed by atoms with Gasteiger partial charge >= 0.3 is 0 Å². The predicted molar refractivity (Wildman–Crippen MR) is 117 cm³/mol. The molecule has 148 valence electrons. The first-order valence-electron chi connectivity index (χ1n) is 9.87. The lowest BCUT2D eigenvalue weighted by atomic mass is 10.2. The number of aryl methyl sites for hydroxylation is 2. The van der Waals surface area contributed by atoms with Gasteiger partial charge in [0.25, 0.3) is 5.91 Å². The summed E-state index contributed by atoms with van der Waals surface area (Å²) < 4.78 is 0. The number of aromatic nitrogens is 2. The summed E-state index contributed by atoms with van der Waals surface area (Å²) in [5.41, 5.74) is 4.65. The summed E-state index contributed by atoms with van der Waals surface area (Å²) in [5.74, 6) is 0.559. The number of carbonyl (C=O) groups excluding carboxylic acids is 1. The lowest BCUT2D eigenvalue weighted by Crippen LogP contribution is -2.47. The Morgan fingerprint density at radius 2 is 1.62 bits per heavy atom. The van der Waals surface area contributed by atoms with Crippen molar-refractivity contribution in [2.45, 2.75) is 13.8 Å². The first-order chi connectivity index (χ1) is 14.1. The van der Waals surface area contributed by atoms with Crippen LogP contribution in [-0.4, -0.2) is 42.3 Å². The van der Waals surface area contributed by atoms with E-state index >= 15 is 0 Å². The third-order valence-corrected chi connectivity index (χ3v) is 5.25. The van der Waals surface area contributed by atoms with Crippen molar-refractivity contribution >= 4 is 23.1 Å². The Bertz CT molecular complexity index is 994. The molecule has 0 unspecified atom stereocenters. The zero-order chi connectivity index (χ0) is 20.2. The summed E-state index contributed by atoms with van der Waals surface area (Å²) >= 11 is 0. The summed E-state index contributed by atoms with van der Waals surface area (Å²) in [7, 11) is 0. The fraction of sp³-hybridized carbons (Fsp3) is 0.261. The van der Waals surface area contributed by atoms with Crippen LogP contribution in [0, 0.1) is 13.8 Å². The molecular formula is C23H25N5O. The average Bonchev–Trinajstić information content (AvgIpc) is 2.75. The van der Waals surface area contributed by atoms with E-state index in [2.05, 4.69) is 56.5 Å². The van der Waals surface area contributed by atoms with Crippen LogP contribution in [0.2, 0.25) is 0 Å². The smallest absolute Gasteiger partial charge is 0.276 e. The highest BCUT2D eigenvalue weighted by Crippen LogP contribution is 2.20. The zero-order valence-corrected chi connectivity index (χ0v) is 16.8. The Kier molecular flexibility index (Phi) is 5.42. The zero-order valence-electron chi connectivity index (χ0n) is 16.8. The predicted octanol–water partition coefficient (Wildman–Crippen LogP) is 3.67. The van der Waals surface area contributed by atoms with E-state index in [1.165, 1.54) is 11.3 Å².